The highest BCUT2D eigenvalue weighted by Gasteiger charge is 2.61. The Hall–Kier alpha value is -4.38. The molecule has 0 spiro atoms. The Balaban J connectivity index is 1.74. The number of hydrogen-bond acceptors (Lipinski definition) is 10. The zero-order valence-electron chi connectivity index (χ0n) is 21.1. The summed E-state index contributed by atoms with van der Waals surface area (Å²) >= 11 is 0. The van der Waals surface area contributed by atoms with Crippen molar-refractivity contribution in [3.63, 3.8) is 0 Å². The number of pyridine rings is 1. The van der Waals surface area contributed by atoms with E-state index in [9.17, 15) is 29.7 Å². The molecular formula is C27H28N4O7. The van der Waals surface area contributed by atoms with E-state index in [1.165, 1.54) is 13.3 Å². The van der Waals surface area contributed by atoms with Crippen LogP contribution in [0.4, 0.5) is 11.5 Å². The smallest absolute Gasteiger partial charge is 0.255 e. The number of carbonyl (C=O) groups is 3. The van der Waals surface area contributed by atoms with E-state index in [0.29, 0.717) is 28.2 Å². The fraction of sp³-hybridized carbons (Fsp3) is 0.333. The molecule has 11 nitrogen and oxygen atoms in total. The molecule has 5 rings (SSSR count). The number of Topliss-reactive ketones (excluding diaryl/α,β-unsaturated/α-hetero) is 2. The van der Waals surface area contributed by atoms with Crippen molar-refractivity contribution in [3.8, 4) is 16.9 Å². The molecule has 1 heterocycles. The second-order valence-corrected chi connectivity index (χ2v) is 10.1. The minimum atomic E-state index is -2.06. The second-order valence-electron chi connectivity index (χ2n) is 10.1. The number of allylic oxidation sites excluding steroid dienone is 2. The third-order valence-corrected chi connectivity index (χ3v) is 7.91. The number of aromatic nitrogens is 1. The molecule has 0 saturated heterocycles. The number of nitrogen functional groups attached to an aromatic ring is 1. The number of anilines is 2. The third-order valence-electron chi connectivity index (χ3n) is 7.91. The van der Waals surface area contributed by atoms with E-state index < -0.39 is 52.0 Å². The average molecular weight is 521 g/mol. The summed E-state index contributed by atoms with van der Waals surface area (Å²) in [5.74, 6) is -5.17. The Morgan fingerprint density at radius 2 is 1.89 bits per heavy atom. The number of fused-ring (bicyclic) bond motifs is 3. The van der Waals surface area contributed by atoms with Crippen LogP contribution in [0.2, 0.25) is 0 Å². The third kappa shape index (κ3) is 3.31. The molecule has 2 aromatic rings. The molecule has 11 heteroatoms. The van der Waals surface area contributed by atoms with E-state index >= 15 is 0 Å². The number of aromatic hydroxyl groups is 1. The zero-order valence-corrected chi connectivity index (χ0v) is 21.1. The van der Waals surface area contributed by atoms with Crippen molar-refractivity contribution >= 4 is 29.0 Å². The van der Waals surface area contributed by atoms with Crippen LogP contribution in [0.15, 0.2) is 47.1 Å². The Labute approximate surface area is 218 Å². The van der Waals surface area contributed by atoms with Crippen molar-refractivity contribution in [1.82, 2.24) is 4.98 Å². The molecule has 1 aromatic carbocycles. The van der Waals surface area contributed by atoms with Gasteiger partial charge >= 0.3 is 0 Å². The summed E-state index contributed by atoms with van der Waals surface area (Å²) in [4.78, 5) is 45.4. The van der Waals surface area contributed by atoms with Crippen molar-refractivity contribution in [2.24, 2.45) is 17.6 Å². The molecule has 1 aromatic heterocycles. The lowest BCUT2D eigenvalue weighted by Gasteiger charge is -2.47. The number of nitrogens with zero attached hydrogens (tertiary/aromatic N) is 2. The van der Waals surface area contributed by atoms with Gasteiger partial charge in [0.05, 0.1) is 5.56 Å². The van der Waals surface area contributed by atoms with Crippen LogP contribution < -0.4 is 16.4 Å². The van der Waals surface area contributed by atoms with Gasteiger partial charge in [0, 0.05) is 62.1 Å². The number of benzene rings is 1. The summed E-state index contributed by atoms with van der Waals surface area (Å²) < 4.78 is 5.56. The van der Waals surface area contributed by atoms with Gasteiger partial charge in [-0.2, -0.15) is 0 Å². The van der Waals surface area contributed by atoms with E-state index in [2.05, 4.69) is 4.98 Å². The standard InChI is InChI=1S/C27H28N4O7/c1-31(2)16-9-14(11-4-5-18(28)30-10-11)22(33)20-15(16)7-12-6-13-8-17(32)21(26(29)37)25(36)27(13,38-3)24(35)19(12)23(20)34/h4-5,9-10,12-13,32-33,35H,6-8H2,1-3H3,(H2,28,30)(H2,29,37)/t12?,13?,27-/m0/s1. The van der Waals surface area contributed by atoms with E-state index in [4.69, 9.17) is 16.2 Å². The molecule has 0 saturated carbocycles. The van der Waals surface area contributed by atoms with Crippen LogP contribution in [-0.4, -0.2) is 64.6 Å². The minimum absolute atomic E-state index is 0.00213. The summed E-state index contributed by atoms with van der Waals surface area (Å²) in [6, 6.07) is 5.02. The number of nitrogens with two attached hydrogens (primary N) is 2. The average Bonchev–Trinajstić information content (AvgIpc) is 2.84. The SMILES string of the molecule is CO[C@@]12C(=O)C(C(N)=O)=C(O)CC1CC1Cc3c(N(C)C)cc(-c4ccc(N)nc4)c(O)c3C(=O)C1=C2O. The number of aliphatic hydroxyl groups is 2. The topological polar surface area (TPSA) is 189 Å². The molecule has 3 atom stereocenters. The first-order chi connectivity index (χ1) is 17.9. The number of amides is 1. The van der Waals surface area contributed by atoms with Crippen molar-refractivity contribution in [2.75, 3.05) is 31.8 Å². The van der Waals surface area contributed by atoms with Crippen LogP contribution in [0, 0.1) is 11.8 Å². The van der Waals surface area contributed by atoms with Gasteiger partial charge in [-0.05, 0) is 42.5 Å². The lowest BCUT2D eigenvalue weighted by Crippen LogP contribution is -2.58. The van der Waals surface area contributed by atoms with E-state index in [0.717, 1.165) is 0 Å². The van der Waals surface area contributed by atoms with Crippen LogP contribution in [0.25, 0.3) is 11.1 Å². The number of carbonyl (C=O) groups excluding carboxylic acids is 3. The quantitative estimate of drug-likeness (QED) is 0.373. The first-order valence-corrected chi connectivity index (χ1v) is 12.0. The van der Waals surface area contributed by atoms with Crippen LogP contribution >= 0.6 is 0 Å². The van der Waals surface area contributed by atoms with Crippen LogP contribution in [0.3, 0.4) is 0 Å². The van der Waals surface area contributed by atoms with Crippen LogP contribution in [0.1, 0.15) is 28.8 Å². The van der Waals surface area contributed by atoms with Crippen LogP contribution in [0.5, 0.6) is 5.75 Å². The van der Waals surface area contributed by atoms with E-state index in [1.54, 1.807) is 18.2 Å². The predicted octanol–water partition coefficient (Wildman–Crippen LogP) is 1.94. The number of hydrogen-bond donors (Lipinski definition) is 5. The molecule has 1 amide bonds. The molecule has 0 fully saturated rings. The highest BCUT2D eigenvalue weighted by atomic mass is 16.5. The number of ketones is 2. The van der Waals surface area contributed by atoms with Gasteiger partial charge < -0.3 is 36.4 Å². The van der Waals surface area contributed by atoms with Gasteiger partial charge in [-0.25, -0.2) is 4.98 Å². The molecule has 0 aliphatic heterocycles. The minimum Gasteiger partial charge on any atom is -0.511 e. The number of phenols is 1. The summed E-state index contributed by atoms with van der Waals surface area (Å²) in [7, 11) is 4.82. The maximum Gasteiger partial charge on any atom is 0.255 e. The lowest BCUT2D eigenvalue weighted by molar-refractivity contribution is -0.149. The Kier molecular flexibility index (Phi) is 5.71. The Morgan fingerprint density at radius 3 is 2.47 bits per heavy atom. The van der Waals surface area contributed by atoms with Gasteiger partial charge in [0.1, 0.15) is 28.7 Å². The van der Waals surface area contributed by atoms with Gasteiger partial charge in [-0.1, -0.05) is 0 Å². The largest absolute Gasteiger partial charge is 0.511 e. The highest BCUT2D eigenvalue weighted by Crippen LogP contribution is 2.54. The van der Waals surface area contributed by atoms with Crippen molar-refractivity contribution in [3.05, 3.63) is 58.2 Å². The number of primary amides is 1. The maximum absolute atomic E-state index is 14.1. The number of methoxy groups -OCH3 is 1. The second kappa shape index (κ2) is 8.59. The fourth-order valence-corrected chi connectivity index (χ4v) is 6.19. The van der Waals surface area contributed by atoms with E-state index in [-0.39, 0.29) is 36.1 Å². The van der Waals surface area contributed by atoms with Crippen LogP contribution in [-0.2, 0) is 20.7 Å². The fourth-order valence-electron chi connectivity index (χ4n) is 6.19. The Morgan fingerprint density at radius 1 is 1.18 bits per heavy atom. The Bertz CT molecular complexity index is 1480. The molecule has 7 N–H and O–H groups in total. The maximum atomic E-state index is 14.1. The first-order valence-electron chi connectivity index (χ1n) is 12.0. The zero-order chi connectivity index (χ0) is 27.7. The molecular weight excluding hydrogens is 492 g/mol. The van der Waals surface area contributed by atoms with Gasteiger partial charge in [-0.15, -0.1) is 0 Å². The summed E-state index contributed by atoms with van der Waals surface area (Å²) in [6.07, 6.45) is 1.83. The van der Waals surface area contributed by atoms with Crippen molar-refractivity contribution < 1.29 is 34.4 Å². The van der Waals surface area contributed by atoms with Gasteiger partial charge in [-0.3, -0.25) is 14.4 Å². The number of rotatable bonds is 4. The molecule has 2 unspecified atom stereocenters. The molecule has 198 valence electrons. The number of phenolic OH excluding ortho intramolecular Hbond substituents is 1. The predicted molar refractivity (Wildman–Crippen MR) is 138 cm³/mol. The number of aliphatic hydroxyl groups excluding tert-OH is 2. The first kappa shape index (κ1) is 25.3. The summed E-state index contributed by atoms with van der Waals surface area (Å²) in [6.45, 7) is 0. The van der Waals surface area contributed by atoms with Gasteiger partial charge in [0.2, 0.25) is 5.78 Å². The monoisotopic (exact) mass is 520 g/mol. The van der Waals surface area contributed by atoms with E-state index in [1.807, 2.05) is 19.0 Å². The van der Waals surface area contributed by atoms with Crippen molar-refractivity contribution in [2.45, 2.75) is 24.9 Å². The van der Waals surface area contributed by atoms with Gasteiger partial charge in [0.15, 0.2) is 11.4 Å². The lowest BCUT2D eigenvalue weighted by atomic mass is 9.60. The molecule has 38 heavy (non-hydrogen) atoms. The van der Waals surface area contributed by atoms with Gasteiger partial charge in [0.25, 0.3) is 5.91 Å². The highest BCUT2D eigenvalue weighted by molar-refractivity contribution is 6.24. The normalized spacial score (nSPS) is 24.6. The summed E-state index contributed by atoms with van der Waals surface area (Å²) in [5.41, 5.74) is 10.4. The molecule has 3 aliphatic carbocycles. The summed E-state index contributed by atoms with van der Waals surface area (Å²) in [5, 5.41) is 33.3. The molecule has 0 radical (unpaired) electrons. The molecule has 0 bridgehead atoms. The molecule has 3 aliphatic rings. The van der Waals surface area contributed by atoms with Crippen molar-refractivity contribution in [1.29, 1.82) is 0 Å². The number of ether oxygens (including phenoxy) is 1.